The molecule has 1 unspecified atom stereocenters. The van der Waals surface area contributed by atoms with Gasteiger partial charge in [-0.15, -0.1) is 0 Å². The molecule has 0 N–H and O–H groups in total. The minimum absolute atomic E-state index is 0.373. The molecule has 3 aromatic carbocycles. The van der Waals surface area contributed by atoms with E-state index in [1.54, 1.807) is 0 Å². The third-order valence-corrected chi connectivity index (χ3v) is 5.28. The molecule has 0 bridgehead atoms. The van der Waals surface area contributed by atoms with Gasteiger partial charge < -0.3 is 0 Å². The van der Waals surface area contributed by atoms with Crippen LogP contribution in [0.3, 0.4) is 0 Å². The van der Waals surface area contributed by atoms with E-state index in [-0.39, 0.29) is 0 Å². The van der Waals surface area contributed by atoms with Gasteiger partial charge in [0.1, 0.15) is 0 Å². The third kappa shape index (κ3) is 2.71. The SMILES string of the molecule is CCc1ccc2cc(C3CCc4cc(F)c(F)cc4C3)ccc2c1. The first-order valence-corrected chi connectivity index (χ1v) is 8.63. The molecule has 0 aliphatic heterocycles. The fourth-order valence-electron chi connectivity index (χ4n) is 3.82. The molecule has 0 radical (unpaired) electrons. The Bertz CT molecular complexity index is 911. The topological polar surface area (TPSA) is 0 Å². The highest BCUT2D eigenvalue weighted by atomic mass is 19.2. The van der Waals surface area contributed by atoms with Crippen molar-refractivity contribution in [3.8, 4) is 0 Å². The van der Waals surface area contributed by atoms with Crippen LogP contribution in [-0.2, 0) is 19.3 Å². The van der Waals surface area contributed by atoms with Crippen LogP contribution in [-0.4, -0.2) is 0 Å². The third-order valence-electron chi connectivity index (χ3n) is 5.28. The van der Waals surface area contributed by atoms with E-state index >= 15 is 0 Å². The molecule has 122 valence electrons. The fraction of sp³-hybridized carbons (Fsp3) is 0.273. The average Bonchev–Trinajstić information content (AvgIpc) is 2.61. The monoisotopic (exact) mass is 322 g/mol. The second-order valence-electron chi connectivity index (χ2n) is 6.77. The molecule has 24 heavy (non-hydrogen) atoms. The summed E-state index contributed by atoms with van der Waals surface area (Å²) in [6.45, 7) is 2.16. The molecular weight excluding hydrogens is 302 g/mol. The first-order valence-electron chi connectivity index (χ1n) is 8.63. The lowest BCUT2D eigenvalue weighted by Crippen LogP contribution is -2.13. The van der Waals surface area contributed by atoms with Crippen LogP contribution in [0.15, 0.2) is 48.5 Å². The molecule has 0 saturated carbocycles. The van der Waals surface area contributed by atoms with Gasteiger partial charge in [-0.25, -0.2) is 8.78 Å². The summed E-state index contributed by atoms with van der Waals surface area (Å²) in [5, 5.41) is 2.52. The zero-order chi connectivity index (χ0) is 16.7. The predicted molar refractivity (Wildman–Crippen MR) is 94.5 cm³/mol. The van der Waals surface area contributed by atoms with E-state index in [0.29, 0.717) is 5.92 Å². The summed E-state index contributed by atoms with van der Waals surface area (Å²) >= 11 is 0. The smallest absolute Gasteiger partial charge is 0.159 e. The largest absolute Gasteiger partial charge is 0.204 e. The van der Waals surface area contributed by atoms with E-state index in [1.165, 1.54) is 34.0 Å². The molecule has 0 saturated heterocycles. The van der Waals surface area contributed by atoms with E-state index in [2.05, 4.69) is 43.3 Å². The van der Waals surface area contributed by atoms with Crippen LogP contribution < -0.4 is 0 Å². The lowest BCUT2D eigenvalue weighted by Gasteiger charge is -2.25. The maximum absolute atomic E-state index is 13.5. The molecule has 4 rings (SSSR count). The molecule has 1 aliphatic carbocycles. The predicted octanol–water partition coefficient (Wildman–Crippen LogP) is 5.95. The van der Waals surface area contributed by atoms with Gasteiger partial charge >= 0.3 is 0 Å². The molecule has 0 amide bonds. The Morgan fingerprint density at radius 3 is 2.38 bits per heavy atom. The molecule has 0 fully saturated rings. The van der Waals surface area contributed by atoms with Crippen LogP contribution in [0.4, 0.5) is 8.78 Å². The Labute approximate surface area is 141 Å². The highest BCUT2D eigenvalue weighted by Gasteiger charge is 2.22. The number of rotatable bonds is 2. The van der Waals surface area contributed by atoms with Gasteiger partial charge in [0.25, 0.3) is 0 Å². The van der Waals surface area contributed by atoms with Crippen molar-refractivity contribution >= 4 is 10.8 Å². The molecule has 1 aliphatic rings. The minimum atomic E-state index is -0.736. The van der Waals surface area contributed by atoms with Crippen molar-refractivity contribution in [1.29, 1.82) is 0 Å². The Morgan fingerprint density at radius 2 is 1.58 bits per heavy atom. The summed E-state index contributed by atoms with van der Waals surface area (Å²) in [4.78, 5) is 0. The van der Waals surface area contributed by atoms with E-state index in [4.69, 9.17) is 0 Å². The maximum atomic E-state index is 13.5. The zero-order valence-corrected chi connectivity index (χ0v) is 13.8. The molecule has 0 nitrogen and oxygen atoms in total. The number of hydrogen-bond acceptors (Lipinski definition) is 0. The maximum Gasteiger partial charge on any atom is 0.159 e. The highest BCUT2D eigenvalue weighted by molar-refractivity contribution is 5.84. The lowest BCUT2D eigenvalue weighted by atomic mass is 9.79. The van der Waals surface area contributed by atoms with Gasteiger partial charge in [-0.2, -0.15) is 0 Å². The Balaban J connectivity index is 1.66. The average molecular weight is 322 g/mol. The van der Waals surface area contributed by atoms with Gasteiger partial charge in [0, 0.05) is 0 Å². The number of benzene rings is 3. The van der Waals surface area contributed by atoms with Crippen LogP contribution in [0.2, 0.25) is 0 Å². The van der Waals surface area contributed by atoms with Gasteiger partial charge in [-0.1, -0.05) is 43.3 Å². The number of aryl methyl sites for hydroxylation is 2. The summed E-state index contributed by atoms with van der Waals surface area (Å²) in [5.41, 5.74) is 4.55. The molecule has 0 aromatic heterocycles. The first kappa shape index (κ1) is 15.3. The summed E-state index contributed by atoms with van der Waals surface area (Å²) in [6, 6.07) is 16.0. The Morgan fingerprint density at radius 1 is 0.875 bits per heavy atom. The van der Waals surface area contributed by atoms with Crippen molar-refractivity contribution in [3.63, 3.8) is 0 Å². The minimum Gasteiger partial charge on any atom is -0.204 e. The summed E-state index contributed by atoms with van der Waals surface area (Å²) in [6.07, 6.45) is 3.62. The standard InChI is InChI=1S/C22H20F2/c1-2-14-3-4-16-10-17(6-5-15(16)9-14)18-7-8-19-12-21(23)22(24)13-20(19)11-18/h3-6,9-10,12-13,18H,2,7-8,11H2,1H3. The van der Waals surface area contributed by atoms with Crippen molar-refractivity contribution in [2.45, 2.75) is 38.5 Å². The fourth-order valence-corrected chi connectivity index (χ4v) is 3.82. The Hall–Kier alpha value is -2.22. The lowest BCUT2D eigenvalue weighted by molar-refractivity contribution is 0.496. The van der Waals surface area contributed by atoms with Gasteiger partial charge in [0.2, 0.25) is 0 Å². The van der Waals surface area contributed by atoms with Crippen LogP contribution in [0, 0.1) is 11.6 Å². The Kier molecular flexibility index (Phi) is 3.84. The molecule has 0 heterocycles. The van der Waals surface area contributed by atoms with Gasteiger partial charge in [-0.05, 0) is 76.8 Å². The summed E-state index contributed by atoms with van der Waals surface area (Å²) in [7, 11) is 0. The second kappa shape index (κ2) is 6.01. The van der Waals surface area contributed by atoms with Gasteiger partial charge in [0.15, 0.2) is 11.6 Å². The molecule has 3 aromatic rings. The van der Waals surface area contributed by atoms with Crippen LogP contribution in [0.1, 0.15) is 41.5 Å². The van der Waals surface area contributed by atoms with E-state index in [1.807, 2.05) is 0 Å². The van der Waals surface area contributed by atoms with E-state index in [0.717, 1.165) is 36.8 Å². The number of hydrogen-bond donors (Lipinski definition) is 0. The van der Waals surface area contributed by atoms with Gasteiger partial charge in [0.05, 0.1) is 0 Å². The zero-order valence-electron chi connectivity index (χ0n) is 13.8. The van der Waals surface area contributed by atoms with Crippen molar-refractivity contribution in [2.24, 2.45) is 0 Å². The number of halogens is 2. The van der Waals surface area contributed by atoms with E-state index < -0.39 is 11.6 Å². The van der Waals surface area contributed by atoms with Gasteiger partial charge in [-0.3, -0.25) is 0 Å². The van der Waals surface area contributed by atoms with Crippen LogP contribution in [0.25, 0.3) is 10.8 Å². The highest BCUT2D eigenvalue weighted by Crippen LogP contribution is 2.35. The number of fused-ring (bicyclic) bond motifs is 2. The van der Waals surface area contributed by atoms with Crippen molar-refractivity contribution in [3.05, 3.63) is 82.4 Å². The normalized spacial score (nSPS) is 17.0. The second-order valence-corrected chi connectivity index (χ2v) is 6.77. The van der Waals surface area contributed by atoms with Crippen LogP contribution >= 0.6 is 0 Å². The summed E-state index contributed by atoms with van der Waals surface area (Å²) in [5.74, 6) is -1.10. The summed E-state index contributed by atoms with van der Waals surface area (Å²) < 4.78 is 26.9. The van der Waals surface area contributed by atoms with E-state index in [9.17, 15) is 8.78 Å². The van der Waals surface area contributed by atoms with Crippen molar-refractivity contribution in [2.75, 3.05) is 0 Å². The molecular formula is C22H20F2. The first-order chi connectivity index (χ1) is 11.6. The quantitative estimate of drug-likeness (QED) is 0.546. The van der Waals surface area contributed by atoms with Crippen molar-refractivity contribution < 1.29 is 8.78 Å². The van der Waals surface area contributed by atoms with Crippen molar-refractivity contribution in [1.82, 2.24) is 0 Å². The molecule has 1 atom stereocenters. The molecule has 2 heteroatoms. The molecule has 0 spiro atoms. The van der Waals surface area contributed by atoms with Crippen LogP contribution in [0.5, 0.6) is 0 Å².